The average molecular weight is 396 g/mol. The number of hydrazine groups is 1. The van der Waals surface area contributed by atoms with Crippen LogP contribution in [0.1, 0.15) is 0 Å². The van der Waals surface area contributed by atoms with Gasteiger partial charge in [-0.2, -0.15) is 0 Å². The molecule has 0 radical (unpaired) electrons. The molecule has 8 nitrogen and oxygen atoms in total. The third-order valence-electron chi connectivity index (χ3n) is 3.75. The van der Waals surface area contributed by atoms with Gasteiger partial charge in [0.25, 0.3) is 0 Å². The Morgan fingerprint density at radius 3 is 2.39 bits per heavy atom. The number of likely N-dealkylation sites (N-methyl/N-ethyl adjacent to an activating group) is 2. The van der Waals surface area contributed by atoms with Crippen LogP contribution in [0, 0.1) is 11.6 Å². The minimum absolute atomic E-state index is 0.0129. The van der Waals surface area contributed by atoms with Gasteiger partial charge in [-0.25, -0.2) is 14.6 Å². The zero-order valence-corrected chi connectivity index (χ0v) is 16.0. The number of carbonyl (C=O) groups is 2. The maximum Gasteiger partial charge on any atom is 0.242 e. The smallest absolute Gasteiger partial charge is 0.242 e. The quantitative estimate of drug-likeness (QED) is 0.214. The molecule has 0 saturated carbocycles. The molecular weight excluding hydrogens is 370 g/mol. The van der Waals surface area contributed by atoms with E-state index in [0.29, 0.717) is 18.5 Å². The third-order valence-corrected chi connectivity index (χ3v) is 3.75. The lowest BCUT2D eigenvalue weighted by molar-refractivity contribution is -0.127. The van der Waals surface area contributed by atoms with Crippen LogP contribution in [0.25, 0.3) is 0 Å². The molecule has 10 heteroatoms. The van der Waals surface area contributed by atoms with E-state index in [9.17, 15) is 18.4 Å². The van der Waals surface area contributed by atoms with Crippen molar-refractivity contribution in [3.63, 3.8) is 0 Å². The molecule has 0 aromatic heterocycles. The van der Waals surface area contributed by atoms with Crippen molar-refractivity contribution in [2.45, 2.75) is 0 Å². The summed E-state index contributed by atoms with van der Waals surface area (Å²) in [7, 11) is 3.21. The zero-order valence-electron chi connectivity index (χ0n) is 16.0. The highest BCUT2D eigenvalue weighted by atomic mass is 19.1. The van der Waals surface area contributed by atoms with Crippen LogP contribution < -0.4 is 26.8 Å². The van der Waals surface area contributed by atoms with Crippen LogP contribution in [0.3, 0.4) is 0 Å². The Labute approximate surface area is 163 Å². The molecule has 0 aliphatic heterocycles. The van der Waals surface area contributed by atoms with Gasteiger partial charge in [-0.05, 0) is 7.05 Å². The summed E-state index contributed by atoms with van der Waals surface area (Å²) in [5.74, 6) is 3.42. The normalized spacial score (nSPS) is 11.1. The molecule has 154 valence electrons. The molecule has 0 aliphatic carbocycles. The van der Waals surface area contributed by atoms with Gasteiger partial charge in [-0.1, -0.05) is 6.08 Å². The highest BCUT2D eigenvalue weighted by Crippen LogP contribution is 2.28. The van der Waals surface area contributed by atoms with Gasteiger partial charge in [-0.3, -0.25) is 9.80 Å². The van der Waals surface area contributed by atoms with E-state index in [0.717, 1.165) is 22.0 Å². The maximum atomic E-state index is 14.6. The lowest BCUT2D eigenvalue weighted by Crippen LogP contribution is -2.40. The summed E-state index contributed by atoms with van der Waals surface area (Å²) >= 11 is 0. The predicted molar refractivity (Wildman–Crippen MR) is 105 cm³/mol. The minimum Gasteiger partial charge on any atom is -0.400 e. The largest absolute Gasteiger partial charge is 0.400 e. The molecule has 0 atom stereocenters. The number of rotatable bonds is 11. The Hall–Kier alpha value is -2.98. The Kier molecular flexibility index (Phi) is 9.06. The van der Waals surface area contributed by atoms with Crippen LogP contribution in [0.5, 0.6) is 0 Å². The molecular formula is C18H26F2N6O2. The Morgan fingerprint density at radius 2 is 1.89 bits per heavy atom. The number of anilines is 2. The molecule has 1 aromatic carbocycles. The molecule has 0 aliphatic rings. The van der Waals surface area contributed by atoms with E-state index in [1.165, 1.54) is 24.2 Å². The fourth-order valence-corrected chi connectivity index (χ4v) is 2.41. The molecule has 0 unspecified atom stereocenters. The molecule has 1 aromatic rings. The number of nitrogens with zero attached hydrogens (tertiary/aromatic N) is 3. The van der Waals surface area contributed by atoms with Crippen molar-refractivity contribution in [2.75, 3.05) is 50.2 Å². The van der Waals surface area contributed by atoms with Crippen molar-refractivity contribution in [3.05, 3.63) is 48.3 Å². The SMILES string of the molecule is C=CCN(C)C(=O)CN(CC=O)c1c(F)cc(N(N)/C=C(\N)CNC)cc1F. The first-order valence-electron chi connectivity index (χ1n) is 8.42. The van der Waals surface area contributed by atoms with Crippen molar-refractivity contribution in [3.8, 4) is 0 Å². The summed E-state index contributed by atoms with van der Waals surface area (Å²) in [5.41, 5.74) is 5.60. The summed E-state index contributed by atoms with van der Waals surface area (Å²) < 4.78 is 29.3. The summed E-state index contributed by atoms with van der Waals surface area (Å²) in [6.07, 6.45) is 3.30. The van der Waals surface area contributed by atoms with Crippen molar-refractivity contribution >= 4 is 23.6 Å². The van der Waals surface area contributed by atoms with Gasteiger partial charge >= 0.3 is 0 Å². The molecule has 1 amide bonds. The second kappa shape index (κ2) is 11.0. The van der Waals surface area contributed by atoms with Gasteiger partial charge < -0.3 is 25.6 Å². The third kappa shape index (κ3) is 6.32. The number of nitrogens with two attached hydrogens (primary N) is 2. The predicted octanol–water partition coefficient (Wildman–Crippen LogP) is 0.314. The second-order valence-corrected chi connectivity index (χ2v) is 6.01. The number of hydrogen-bond acceptors (Lipinski definition) is 7. The highest BCUT2D eigenvalue weighted by molar-refractivity contribution is 5.83. The van der Waals surface area contributed by atoms with Crippen LogP contribution in [0.15, 0.2) is 36.7 Å². The van der Waals surface area contributed by atoms with E-state index in [1.54, 1.807) is 7.05 Å². The monoisotopic (exact) mass is 396 g/mol. The summed E-state index contributed by atoms with van der Waals surface area (Å²) in [5, 5.41) is 3.80. The molecule has 1 rings (SSSR count). The fraction of sp³-hybridized carbons (Fsp3) is 0.333. The molecule has 0 spiro atoms. The average Bonchev–Trinajstić information content (AvgIpc) is 2.61. The van der Waals surface area contributed by atoms with Crippen molar-refractivity contribution < 1.29 is 18.4 Å². The highest BCUT2D eigenvalue weighted by Gasteiger charge is 2.22. The van der Waals surface area contributed by atoms with E-state index in [2.05, 4.69) is 11.9 Å². The second-order valence-electron chi connectivity index (χ2n) is 6.01. The lowest BCUT2D eigenvalue weighted by atomic mass is 10.2. The first kappa shape index (κ1) is 23.1. The van der Waals surface area contributed by atoms with E-state index >= 15 is 0 Å². The standard InChI is InChI=1S/C18H26F2N6O2/c1-4-5-24(3)17(28)12-25(6-7-27)18-15(19)8-14(9-16(18)20)26(22)11-13(21)10-23-2/h4,7-9,11,23H,1,5-6,10,12,21-22H2,2-3H3/b13-11-. The van der Waals surface area contributed by atoms with Crippen LogP contribution in [0.4, 0.5) is 20.2 Å². The van der Waals surface area contributed by atoms with Crippen LogP contribution >= 0.6 is 0 Å². The van der Waals surface area contributed by atoms with Crippen molar-refractivity contribution in [2.24, 2.45) is 11.6 Å². The Morgan fingerprint density at radius 1 is 1.29 bits per heavy atom. The minimum atomic E-state index is -0.966. The topological polar surface area (TPSA) is 108 Å². The van der Waals surface area contributed by atoms with Gasteiger partial charge in [0.2, 0.25) is 5.91 Å². The van der Waals surface area contributed by atoms with Gasteiger partial charge in [0.1, 0.15) is 12.0 Å². The van der Waals surface area contributed by atoms with Gasteiger partial charge in [0, 0.05) is 44.2 Å². The molecule has 0 heterocycles. The van der Waals surface area contributed by atoms with Crippen molar-refractivity contribution in [1.29, 1.82) is 0 Å². The number of carbonyl (C=O) groups excluding carboxylic acids is 2. The zero-order chi connectivity index (χ0) is 21.3. The van der Waals surface area contributed by atoms with E-state index in [4.69, 9.17) is 11.6 Å². The van der Waals surface area contributed by atoms with Crippen molar-refractivity contribution in [1.82, 2.24) is 10.2 Å². The molecule has 5 N–H and O–H groups in total. The number of halogens is 2. The van der Waals surface area contributed by atoms with Crippen LogP contribution in [-0.2, 0) is 9.59 Å². The molecule has 0 saturated heterocycles. The fourth-order valence-electron chi connectivity index (χ4n) is 2.41. The first-order valence-corrected chi connectivity index (χ1v) is 8.42. The Bertz CT molecular complexity index is 718. The van der Waals surface area contributed by atoms with Gasteiger partial charge in [0.05, 0.1) is 18.8 Å². The number of nitrogens with one attached hydrogen (secondary N) is 1. The van der Waals surface area contributed by atoms with E-state index < -0.39 is 23.2 Å². The number of benzene rings is 1. The van der Waals surface area contributed by atoms with Crippen LogP contribution in [0.2, 0.25) is 0 Å². The Balaban J connectivity index is 3.17. The molecule has 28 heavy (non-hydrogen) atoms. The summed E-state index contributed by atoms with van der Waals surface area (Å²) in [6, 6.07) is 1.99. The van der Waals surface area contributed by atoms with Gasteiger partial charge in [-0.15, -0.1) is 6.58 Å². The molecule has 0 fully saturated rings. The molecule has 0 bridgehead atoms. The summed E-state index contributed by atoms with van der Waals surface area (Å²) in [4.78, 5) is 25.5. The lowest BCUT2D eigenvalue weighted by Gasteiger charge is -2.26. The number of hydrogen-bond donors (Lipinski definition) is 3. The van der Waals surface area contributed by atoms with E-state index in [-0.39, 0.29) is 25.3 Å². The number of aldehydes is 1. The first-order chi connectivity index (χ1) is 13.2. The number of amides is 1. The van der Waals surface area contributed by atoms with Crippen LogP contribution in [-0.4, -0.2) is 57.4 Å². The maximum absolute atomic E-state index is 14.6. The van der Waals surface area contributed by atoms with Gasteiger partial charge in [0.15, 0.2) is 11.6 Å². The summed E-state index contributed by atoms with van der Waals surface area (Å²) in [6.45, 7) is 3.39. The van der Waals surface area contributed by atoms with E-state index in [1.807, 2.05) is 0 Å².